The minimum absolute atomic E-state index is 0.283. The average molecular weight is 363 g/mol. The minimum Gasteiger partial charge on any atom is -0.416 e. The predicted molar refractivity (Wildman–Crippen MR) is 93.8 cm³/mol. The van der Waals surface area contributed by atoms with Crippen molar-refractivity contribution in [3.05, 3.63) is 76.4 Å². The van der Waals surface area contributed by atoms with E-state index >= 15 is 0 Å². The molecule has 1 heterocycles. The number of nitrogens with zero attached hydrogens (tertiary/aromatic N) is 2. The number of benzene rings is 2. The fraction of sp³-hybridized carbons (Fsp3) is 0.222. The molecule has 1 unspecified atom stereocenters. The summed E-state index contributed by atoms with van der Waals surface area (Å²) in [4.78, 5) is 0. The first-order chi connectivity index (χ1) is 11.6. The Kier molecular flexibility index (Phi) is 5.53. The second kappa shape index (κ2) is 7.81. The third-order valence-corrected chi connectivity index (χ3v) is 4.90. The van der Waals surface area contributed by atoms with Crippen LogP contribution in [0.2, 0.25) is 5.02 Å². The molecule has 0 aliphatic rings. The summed E-state index contributed by atoms with van der Waals surface area (Å²) in [6.07, 6.45) is 0.665. The maximum Gasteiger partial charge on any atom is 0.276 e. The third kappa shape index (κ3) is 4.16. The summed E-state index contributed by atoms with van der Waals surface area (Å²) < 4.78 is 19.4. The number of rotatable bonds is 6. The maximum atomic E-state index is 13.8. The molecule has 2 aromatic carbocycles. The first-order valence-electron chi connectivity index (χ1n) is 7.56. The van der Waals surface area contributed by atoms with E-state index in [1.54, 1.807) is 12.1 Å². The first-order valence-corrected chi connectivity index (χ1v) is 8.93. The lowest BCUT2D eigenvalue weighted by Crippen LogP contribution is -1.98. The van der Waals surface area contributed by atoms with Crippen LogP contribution in [0.25, 0.3) is 0 Å². The Morgan fingerprint density at radius 3 is 2.67 bits per heavy atom. The molecule has 6 heteroatoms. The van der Waals surface area contributed by atoms with Crippen molar-refractivity contribution in [2.24, 2.45) is 0 Å². The predicted octanol–water partition coefficient (Wildman–Crippen LogP) is 5.50. The molecule has 0 aliphatic carbocycles. The van der Waals surface area contributed by atoms with Crippen molar-refractivity contribution in [2.45, 2.75) is 30.2 Å². The molecule has 1 atom stereocenters. The van der Waals surface area contributed by atoms with Crippen molar-refractivity contribution in [3.8, 4) is 0 Å². The lowest BCUT2D eigenvalue weighted by Gasteiger charge is -2.08. The molecule has 124 valence electrons. The Labute approximate surface area is 149 Å². The Bertz CT molecular complexity index is 790. The molecule has 24 heavy (non-hydrogen) atoms. The molecule has 0 saturated carbocycles. The Balaban J connectivity index is 1.62. The summed E-state index contributed by atoms with van der Waals surface area (Å²) in [6.45, 7) is 2.12. The fourth-order valence-corrected chi connectivity index (χ4v) is 3.47. The van der Waals surface area contributed by atoms with Crippen LogP contribution < -0.4 is 0 Å². The van der Waals surface area contributed by atoms with Crippen molar-refractivity contribution in [2.75, 3.05) is 0 Å². The van der Waals surface area contributed by atoms with Gasteiger partial charge in [0.25, 0.3) is 5.22 Å². The highest BCUT2D eigenvalue weighted by molar-refractivity contribution is 7.98. The zero-order chi connectivity index (χ0) is 16.9. The van der Waals surface area contributed by atoms with Crippen LogP contribution in [0.1, 0.15) is 29.9 Å². The Morgan fingerprint density at radius 2 is 1.92 bits per heavy atom. The molecule has 0 spiro atoms. The van der Waals surface area contributed by atoms with Crippen LogP contribution in [-0.2, 0) is 12.2 Å². The zero-order valence-corrected chi connectivity index (χ0v) is 14.6. The first kappa shape index (κ1) is 17.0. The summed E-state index contributed by atoms with van der Waals surface area (Å²) in [5, 5.41) is 8.92. The van der Waals surface area contributed by atoms with E-state index in [9.17, 15) is 4.39 Å². The van der Waals surface area contributed by atoms with Gasteiger partial charge in [-0.25, -0.2) is 4.39 Å². The van der Waals surface area contributed by atoms with Gasteiger partial charge < -0.3 is 4.42 Å². The van der Waals surface area contributed by atoms with Gasteiger partial charge in [0.15, 0.2) is 0 Å². The van der Waals surface area contributed by atoms with E-state index in [4.69, 9.17) is 16.0 Å². The monoisotopic (exact) mass is 362 g/mol. The zero-order valence-electron chi connectivity index (χ0n) is 13.1. The van der Waals surface area contributed by atoms with Crippen molar-refractivity contribution < 1.29 is 8.81 Å². The van der Waals surface area contributed by atoms with E-state index in [1.165, 1.54) is 23.4 Å². The second-order valence-electron chi connectivity index (χ2n) is 5.47. The number of halogens is 2. The lowest BCUT2D eigenvalue weighted by molar-refractivity contribution is 0.404. The van der Waals surface area contributed by atoms with Crippen molar-refractivity contribution in [3.63, 3.8) is 0 Å². The largest absolute Gasteiger partial charge is 0.416 e. The van der Waals surface area contributed by atoms with E-state index in [1.807, 2.05) is 18.2 Å². The molecule has 0 fully saturated rings. The van der Waals surface area contributed by atoms with Gasteiger partial charge in [-0.3, -0.25) is 0 Å². The SMILES string of the molecule is CC(Cc1nnc(SCc2c(F)cccc2Cl)o1)c1ccccc1. The van der Waals surface area contributed by atoms with Gasteiger partial charge in [-0.05, 0) is 23.6 Å². The van der Waals surface area contributed by atoms with Gasteiger partial charge in [0.2, 0.25) is 5.89 Å². The number of hydrogen-bond donors (Lipinski definition) is 0. The molecular weight excluding hydrogens is 347 g/mol. The second-order valence-corrected chi connectivity index (χ2v) is 6.80. The summed E-state index contributed by atoms with van der Waals surface area (Å²) in [5.41, 5.74) is 1.67. The van der Waals surface area contributed by atoms with Gasteiger partial charge in [-0.2, -0.15) is 0 Å². The van der Waals surface area contributed by atoms with Crippen LogP contribution >= 0.6 is 23.4 Å². The molecule has 3 aromatic rings. The summed E-state index contributed by atoms with van der Waals surface area (Å²) in [6, 6.07) is 14.8. The van der Waals surface area contributed by atoms with Crippen LogP contribution in [0, 0.1) is 5.82 Å². The van der Waals surface area contributed by atoms with E-state index in [0.717, 1.165) is 0 Å². The maximum absolute atomic E-state index is 13.8. The van der Waals surface area contributed by atoms with Gasteiger partial charge in [-0.1, -0.05) is 66.7 Å². The molecule has 0 N–H and O–H groups in total. The Morgan fingerprint density at radius 1 is 1.12 bits per heavy atom. The third-order valence-electron chi connectivity index (χ3n) is 3.70. The quantitative estimate of drug-likeness (QED) is 0.543. The smallest absolute Gasteiger partial charge is 0.276 e. The molecule has 0 saturated heterocycles. The number of thioether (sulfide) groups is 1. The van der Waals surface area contributed by atoms with Crippen LogP contribution in [0.5, 0.6) is 0 Å². The van der Waals surface area contributed by atoms with E-state index in [2.05, 4.69) is 29.3 Å². The van der Waals surface area contributed by atoms with Gasteiger partial charge in [0.05, 0.1) is 0 Å². The van der Waals surface area contributed by atoms with E-state index in [-0.39, 0.29) is 11.7 Å². The molecule has 3 rings (SSSR count). The number of hydrogen-bond acceptors (Lipinski definition) is 4. The standard InChI is InChI=1S/C18H16ClFN2OS/c1-12(13-6-3-2-4-7-13)10-17-21-22-18(23-17)24-11-14-15(19)8-5-9-16(14)20/h2-9,12H,10-11H2,1H3. The molecule has 3 nitrogen and oxygen atoms in total. The van der Waals surface area contributed by atoms with Crippen molar-refractivity contribution >= 4 is 23.4 Å². The fourth-order valence-electron chi connectivity index (χ4n) is 2.34. The van der Waals surface area contributed by atoms with Crippen LogP contribution in [0.15, 0.2) is 58.2 Å². The van der Waals surface area contributed by atoms with Gasteiger partial charge in [0, 0.05) is 22.8 Å². The normalized spacial score (nSPS) is 12.3. The highest BCUT2D eigenvalue weighted by Gasteiger charge is 2.14. The van der Waals surface area contributed by atoms with Crippen molar-refractivity contribution in [1.29, 1.82) is 0 Å². The summed E-state index contributed by atoms with van der Waals surface area (Å²) in [5.74, 6) is 0.882. The summed E-state index contributed by atoms with van der Waals surface area (Å²) >= 11 is 7.30. The highest BCUT2D eigenvalue weighted by atomic mass is 35.5. The molecule has 0 aliphatic heterocycles. The lowest BCUT2D eigenvalue weighted by atomic mass is 9.98. The highest BCUT2D eigenvalue weighted by Crippen LogP contribution is 2.28. The van der Waals surface area contributed by atoms with Gasteiger partial charge in [-0.15, -0.1) is 10.2 Å². The molecule has 1 aromatic heterocycles. The Hall–Kier alpha value is -1.85. The minimum atomic E-state index is -0.326. The van der Waals surface area contributed by atoms with Crippen molar-refractivity contribution in [1.82, 2.24) is 10.2 Å². The molecule has 0 bridgehead atoms. The molecular formula is C18H16ClFN2OS. The summed E-state index contributed by atoms with van der Waals surface area (Å²) in [7, 11) is 0. The van der Waals surface area contributed by atoms with Crippen LogP contribution in [-0.4, -0.2) is 10.2 Å². The van der Waals surface area contributed by atoms with Gasteiger partial charge in [0.1, 0.15) is 5.82 Å². The average Bonchev–Trinajstić information content (AvgIpc) is 3.02. The van der Waals surface area contributed by atoms with E-state index < -0.39 is 0 Å². The molecule has 0 amide bonds. The topological polar surface area (TPSA) is 38.9 Å². The van der Waals surface area contributed by atoms with Crippen LogP contribution in [0.3, 0.4) is 0 Å². The molecule has 0 radical (unpaired) electrons. The van der Waals surface area contributed by atoms with E-state index in [0.29, 0.717) is 33.9 Å². The van der Waals surface area contributed by atoms with Gasteiger partial charge >= 0.3 is 0 Å². The van der Waals surface area contributed by atoms with Crippen LogP contribution in [0.4, 0.5) is 4.39 Å². The number of aromatic nitrogens is 2.